The molecule has 0 bridgehead atoms. The number of hydrogen-bond acceptors (Lipinski definition) is 5. The summed E-state index contributed by atoms with van der Waals surface area (Å²) in [6.45, 7) is 0.623. The first kappa shape index (κ1) is 15.8. The predicted molar refractivity (Wildman–Crippen MR) is 91.4 cm³/mol. The fraction of sp³-hybridized carbons (Fsp3) is 0.200. The molecular weight excluding hydrogens is 378 g/mol. The fourth-order valence-corrected chi connectivity index (χ4v) is 3.62. The number of rotatable bonds is 5. The van der Waals surface area contributed by atoms with Crippen molar-refractivity contribution in [1.82, 2.24) is 25.1 Å². The van der Waals surface area contributed by atoms with Gasteiger partial charge < -0.3 is 4.90 Å². The Hall–Kier alpha value is -2.06. The van der Waals surface area contributed by atoms with Gasteiger partial charge in [0.1, 0.15) is 6.33 Å². The summed E-state index contributed by atoms with van der Waals surface area (Å²) in [4.78, 5) is 15.2. The second-order valence-electron chi connectivity index (χ2n) is 5.08. The zero-order valence-electron chi connectivity index (χ0n) is 12.4. The molecule has 0 radical (unpaired) electrons. The molecule has 0 fully saturated rings. The summed E-state index contributed by atoms with van der Waals surface area (Å²) in [5, 5.41) is 13.1. The highest BCUT2D eigenvalue weighted by molar-refractivity contribution is 9.10. The minimum Gasteiger partial charge on any atom is -0.340 e. The molecule has 8 heteroatoms. The Bertz CT molecular complexity index is 785. The lowest BCUT2D eigenvalue weighted by atomic mass is 10.1. The lowest BCUT2D eigenvalue weighted by Gasteiger charge is -2.16. The highest BCUT2D eigenvalue weighted by atomic mass is 79.9. The largest absolute Gasteiger partial charge is 0.340 e. The number of nitrogens with zero attached hydrogens (tertiary/aromatic N) is 5. The van der Waals surface area contributed by atoms with E-state index in [4.69, 9.17) is 0 Å². The van der Waals surface area contributed by atoms with E-state index >= 15 is 0 Å². The SMILES string of the molecule is CN(Cc1cc(Br)cs1)C(=O)Cc1ccc(-n2cnnn2)cc1. The van der Waals surface area contributed by atoms with Gasteiger partial charge in [-0.25, -0.2) is 4.68 Å². The standard InChI is InChI=1S/C15H14BrN5OS/c1-20(8-14-7-12(16)9-23-14)15(22)6-11-2-4-13(5-3-11)21-10-17-18-19-21/h2-5,7,9-10H,6,8H2,1H3. The van der Waals surface area contributed by atoms with Gasteiger partial charge in [0.15, 0.2) is 0 Å². The molecule has 1 amide bonds. The van der Waals surface area contributed by atoms with Crippen LogP contribution in [0.2, 0.25) is 0 Å². The first-order valence-corrected chi connectivity index (χ1v) is 8.58. The van der Waals surface area contributed by atoms with E-state index in [0.717, 1.165) is 20.6 Å². The number of hydrogen-bond donors (Lipinski definition) is 0. The zero-order chi connectivity index (χ0) is 16.2. The van der Waals surface area contributed by atoms with E-state index in [1.54, 1.807) is 20.9 Å². The molecule has 0 N–H and O–H groups in total. The highest BCUT2D eigenvalue weighted by Crippen LogP contribution is 2.21. The van der Waals surface area contributed by atoms with Gasteiger partial charge in [-0.1, -0.05) is 12.1 Å². The third-order valence-electron chi connectivity index (χ3n) is 3.35. The Kier molecular flexibility index (Phi) is 4.82. The number of tetrazole rings is 1. The molecule has 2 heterocycles. The molecule has 1 aromatic carbocycles. The Balaban J connectivity index is 1.61. The van der Waals surface area contributed by atoms with E-state index in [0.29, 0.717) is 13.0 Å². The van der Waals surface area contributed by atoms with Crippen LogP contribution >= 0.6 is 27.3 Å². The second-order valence-corrected chi connectivity index (χ2v) is 6.99. The number of carbonyl (C=O) groups is 1. The molecule has 0 aliphatic heterocycles. The Morgan fingerprint density at radius 2 is 2.13 bits per heavy atom. The number of aromatic nitrogens is 4. The van der Waals surface area contributed by atoms with E-state index in [-0.39, 0.29) is 5.91 Å². The van der Waals surface area contributed by atoms with Crippen LogP contribution in [-0.4, -0.2) is 38.1 Å². The van der Waals surface area contributed by atoms with Gasteiger partial charge in [0, 0.05) is 21.8 Å². The number of likely N-dealkylation sites (N-methyl/N-ethyl adjacent to an activating group) is 1. The van der Waals surface area contributed by atoms with Gasteiger partial charge in [0.05, 0.1) is 18.7 Å². The van der Waals surface area contributed by atoms with Crippen LogP contribution in [0, 0.1) is 0 Å². The lowest BCUT2D eigenvalue weighted by Crippen LogP contribution is -2.27. The molecule has 0 spiro atoms. The average molecular weight is 392 g/mol. The average Bonchev–Trinajstić information content (AvgIpc) is 3.20. The number of halogens is 1. The van der Waals surface area contributed by atoms with Gasteiger partial charge in [-0.15, -0.1) is 16.4 Å². The van der Waals surface area contributed by atoms with Crippen molar-refractivity contribution in [3.05, 3.63) is 57.0 Å². The summed E-state index contributed by atoms with van der Waals surface area (Å²) in [5.41, 5.74) is 1.83. The van der Waals surface area contributed by atoms with Crippen LogP contribution < -0.4 is 0 Å². The first-order valence-electron chi connectivity index (χ1n) is 6.91. The summed E-state index contributed by atoms with van der Waals surface area (Å²) in [6.07, 6.45) is 1.91. The maximum Gasteiger partial charge on any atom is 0.227 e. The smallest absolute Gasteiger partial charge is 0.227 e. The van der Waals surface area contributed by atoms with Gasteiger partial charge in [-0.2, -0.15) is 0 Å². The van der Waals surface area contributed by atoms with Gasteiger partial charge in [0.25, 0.3) is 0 Å². The van der Waals surface area contributed by atoms with Crippen LogP contribution in [0.15, 0.2) is 46.5 Å². The minimum absolute atomic E-state index is 0.0877. The topological polar surface area (TPSA) is 63.9 Å². The van der Waals surface area contributed by atoms with Gasteiger partial charge in [0.2, 0.25) is 5.91 Å². The van der Waals surface area contributed by atoms with Crippen molar-refractivity contribution in [2.24, 2.45) is 0 Å². The van der Waals surface area contributed by atoms with Crippen molar-refractivity contribution in [1.29, 1.82) is 0 Å². The number of carbonyl (C=O) groups excluding carboxylic acids is 1. The van der Waals surface area contributed by atoms with E-state index < -0.39 is 0 Å². The summed E-state index contributed by atoms with van der Waals surface area (Å²) < 4.78 is 2.63. The molecule has 3 aromatic rings. The third-order valence-corrected chi connectivity index (χ3v) is 5.03. The monoisotopic (exact) mass is 391 g/mol. The van der Waals surface area contributed by atoms with Gasteiger partial charge >= 0.3 is 0 Å². The Morgan fingerprint density at radius 1 is 1.35 bits per heavy atom. The number of thiophene rings is 1. The molecule has 0 saturated heterocycles. The van der Waals surface area contributed by atoms with E-state index in [1.807, 2.05) is 42.8 Å². The molecular formula is C15H14BrN5OS. The van der Waals surface area contributed by atoms with Crippen molar-refractivity contribution in [3.63, 3.8) is 0 Å². The molecule has 3 rings (SSSR count). The highest BCUT2D eigenvalue weighted by Gasteiger charge is 2.11. The number of benzene rings is 1. The van der Waals surface area contributed by atoms with Gasteiger partial charge in [-0.3, -0.25) is 4.79 Å². The predicted octanol–water partition coefficient (Wildman–Crippen LogP) is 2.69. The first-order chi connectivity index (χ1) is 11.1. The molecule has 0 saturated carbocycles. The minimum atomic E-state index is 0.0877. The van der Waals surface area contributed by atoms with Gasteiger partial charge in [-0.05, 0) is 50.1 Å². The number of amides is 1. The molecule has 23 heavy (non-hydrogen) atoms. The van der Waals surface area contributed by atoms with Crippen molar-refractivity contribution < 1.29 is 4.79 Å². The summed E-state index contributed by atoms with van der Waals surface area (Å²) in [7, 11) is 1.82. The van der Waals surface area contributed by atoms with Crippen LogP contribution in [-0.2, 0) is 17.8 Å². The van der Waals surface area contributed by atoms with Crippen molar-refractivity contribution >= 4 is 33.2 Å². The normalized spacial score (nSPS) is 10.7. The van der Waals surface area contributed by atoms with E-state index in [1.165, 1.54) is 6.33 Å². The van der Waals surface area contributed by atoms with Crippen LogP contribution in [0.5, 0.6) is 0 Å². The molecule has 2 aromatic heterocycles. The van der Waals surface area contributed by atoms with Crippen LogP contribution in [0.25, 0.3) is 5.69 Å². The molecule has 0 atom stereocenters. The molecule has 0 unspecified atom stereocenters. The van der Waals surface area contributed by atoms with E-state index in [9.17, 15) is 4.79 Å². The fourth-order valence-electron chi connectivity index (χ4n) is 2.11. The molecule has 6 nitrogen and oxygen atoms in total. The van der Waals surface area contributed by atoms with Crippen molar-refractivity contribution in [3.8, 4) is 5.69 Å². The molecule has 118 valence electrons. The van der Waals surface area contributed by atoms with E-state index in [2.05, 4.69) is 31.5 Å². The van der Waals surface area contributed by atoms with Crippen molar-refractivity contribution in [2.75, 3.05) is 7.05 Å². The quantitative estimate of drug-likeness (QED) is 0.670. The maximum atomic E-state index is 12.3. The van der Waals surface area contributed by atoms with Crippen LogP contribution in [0.1, 0.15) is 10.4 Å². The Morgan fingerprint density at radius 3 is 2.74 bits per heavy atom. The summed E-state index contributed by atoms with van der Waals surface area (Å²) >= 11 is 5.07. The van der Waals surface area contributed by atoms with Crippen LogP contribution in [0.4, 0.5) is 0 Å². The lowest BCUT2D eigenvalue weighted by molar-refractivity contribution is -0.129. The Labute approximate surface area is 145 Å². The summed E-state index contributed by atoms with van der Waals surface area (Å²) in [6, 6.07) is 9.68. The molecule has 0 aliphatic carbocycles. The van der Waals surface area contributed by atoms with Crippen LogP contribution in [0.3, 0.4) is 0 Å². The second kappa shape index (κ2) is 7.01. The zero-order valence-corrected chi connectivity index (χ0v) is 14.8. The molecule has 0 aliphatic rings. The third kappa shape index (κ3) is 4.02. The summed E-state index contributed by atoms with van der Waals surface area (Å²) in [5.74, 6) is 0.0877. The van der Waals surface area contributed by atoms with Crippen molar-refractivity contribution in [2.45, 2.75) is 13.0 Å². The maximum absolute atomic E-state index is 12.3.